The summed E-state index contributed by atoms with van der Waals surface area (Å²) in [5.74, 6) is -0.939. The number of anilines is 2. The highest BCUT2D eigenvalue weighted by Gasteiger charge is 2.12. The number of nitrogen functional groups attached to an aromatic ring is 1. The van der Waals surface area contributed by atoms with Crippen LogP contribution >= 0.6 is 0 Å². The van der Waals surface area contributed by atoms with Crippen molar-refractivity contribution in [3.05, 3.63) is 17.8 Å². The molecule has 1 aromatic heterocycles. The quantitative estimate of drug-likeness (QED) is 0.657. The number of aryl methyl sites for hydroxylation is 1. The number of nitrogens with two attached hydrogens (primary N) is 1. The fraction of sp³-hybridized carbons (Fsp3) is 0.364. The lowest BCUT2D eigenvalue weighted by molar-refractivity contribution is -0.136. The molecule has 0 saturated carbocycles. The second-order valence-electron chi connectivity index (χ2n) is 3.44. The molecule has 0 fully saturated rings. The Morgan fingerprint density at radius 2 is 2.06 bits per heavy atom. The molecule has 0 saturated heterocycles. The molecule has 17 heavy (non-hydrogen) atoms. The van der Waals surface area contributed by atoms with Crippen LogP contribution in [0.15, 0.2) is 12.3 Å². The van der Waals surface area contributed by atoms with E-state index in [1.807, 2.05) is 6.92 Å². The summed E-state index contributed by atoms with van der Waals surface area (Å²) < 4.78 is 0. The predicted octanol–water partition coefficient (Wildman–Crippen LogP) is 0.301. The molecule has 1 aromatic rings. The summed E-state index contributed by atoms with van der Waals surface area (Å²) in [6.45, 7) is 4.08. The van der Waals surface area contributed by atoms with Gasteiger partial charge in [0.05, 0.1) is 11.9 Å². The Labute approximate surface area is 99.6 Å². The first-order chi connectivity index (χ1) is 8.08. The fourth-order valence-electron chi connectivity index (χ4n) is 1.30. The lowest BCUT2D eigenvalue weighted by atomic mass is 10.2. The summed E-state index contributed by atoms with van der Waals surface area (Å²) >= 11 is 0. The number of hydrogen-bond donors (Lipinski definition) is 3. The number of carbonyl (C=O) groups excluding carboxylic acids is 2. The van der Waals surface area contributed by atoms with Crippen LogP contribution in [0.3, 0.4) is 0 Å². The molecule has 0 unspecified atom stereocenters. The van der Waals surface area contributed by atoms with Gasteiger partial charge in [-0.05, 0) is 25.0 Å². The lowest BCUT2D eigenvalue weighted by Gasteiger charge is -2.07. The number of amides is 2. The van der Waals surface area contributed by atoms with Gasteiger partial charge in [0, 0.05) is 6.54 Å². The maximum atomic E-state index is 11.4. The van der Waals surface area contributed by atoms with E-state index in [0.717, 1.165) is 5.56 Å². The van der Waals surface area contributed by atoms with Crippen LogP contribution in [0.25, 0.3) is 0 Å². The number of aromatic nitrogens is 1. The number of hydrogen-bond acceptors (Lipinski definition) is 4. The van der Waals surface area contributed by atoms with Crippen molar-refractivity contribution in [3.8, 4) is 0 Å². The summed E-state index contributed by atoms with van der Waals surface area (Å²) in [4.78, 5) is 26.5. The van der Waals surface area contributed by atoms with Gasteiger partial charge in [0.15, 0.2) is 0 Å². The van der Waals surface area contributed by atoms with Gasteiger partial charge in [-0.3, -0.25) is 9.59 Å². The molecule has 92 valence electrons. The molecule has 0 spiro atoms. The molecule has 2 amide bonds. The van der Waals surface area contributed by atoms with Crippen molar-refractivity contribution in [1.29, 1.82) is 0 Å². The molecule has 0 atom stereocenters. The highest BCUT2D eigenvalue weighted by atomic mass is 16.2. The summed E-state index contributed by atoms with van der Waals surface area (Å²) in [6.07, 6.45) is 2.13. The minimum Gasteiger partial charge on any atom is -0.383 e. The van der Waals surface area contributed by atoms with Crippen LogP contribution in [-0.2, 0) is 16.0 Å². The van der Waals surface area contributed by atoms with Crippen molar-refractivity contribution in [2.24, 2.45) is 0 Å². The third-order valence-corrected chi connectivity index (χ3v) is 2.18. The molecule has 0 radical (unpaired) electrons. The molecule has 4 N–H and O–H groups in total. The minimum absolute atomic E-state index is 0.409. The third-order valence-electron chi connectivity index (χ3n) is 2.18. The van der Waals surface area contributed by atoms with Crippen LogP contribution in [0.2, 0.25) is 0 Å². The summed E-state index contributed by atoms with van der Waals surface area (Å²) in [7, 11) is 0. The van der Waals surface area contributed by atoms with E-state index in [1.54, 1.807) is 13.0 Å². The standard InChI is InChI=1S/C11H16N4O2/c1-3-7-5-8(6-14-9(7)12)15-11(17)10(16)13-4-2/h5-6H,3-4H2,1-2H3,(H2,12,14)(H,13,16)(H,15,17). The first kappa shape index (κ1) is 13.0. The van der Waals surface area contributed by atoms with Gasteiger partial charge in [0.1, 0.15) is 5.82 Å². The molecule has 6 nitrogen and oxygen atoms in total. The second-order valence-corrected chi connectivity index (χ2v) is 3.44. The molecule has 6 heteroatoms. The zero-order valence-electron chi connectivity index (χ0n) is 9.91. The molecule has 0 aliphatic rings. The molecule has 0 aliphatic heterocycles. The average molecular weight is 236 g/mol. The van der Waals surface area contributed by atoms with Gasteiger partial charge in [0.2, 0.25) is 0 Å². The van der Waals surface area contributed by atoms with Crippen molar-refractivity contribution < 1.29 is 9.59 Å². The summed E-state index contributed by atoms with van der Waals surface area (Å²) in [6, 6.07) is 1.71. The van der Waals surface area contributed by atoms with Gasteiger partial charge in [-0.15, -0.1) is 0 Å². The summed E-state index contributed by atoms with van der Waals surface area (Å²) in [5, 5.41) is 4.87. The monoisotopic (exact) mass is 236 g/mol. The van der Waals surface area contributed by atoms with E-state index >= 15 is 0 Å². The normalized spacial score (nSPS) is 9.76. The minimum atomic E-state index is -0.708. The van der Waals surface area contributed by atoms with E-state index in [1.165, 1.54) is 6.20 Å². The van der Waals surface area contributed by atoms with Crippen molar-refractivity contribution in [2.45, 2.75) is 20.3 Å². The smallest absolute Gasteiger partial charge is 0.313 e. The number of rotatable bonds is 3. The van der Waals surface area contributed by atoms with Gasteiger partial charge in [-0.1, -0.05) is 6.92 Å². The van der Waals surface area contributed by atoms with Gasteiger partial charge < -0.3 is 16.4 Å². The first-order valence-electron chi connectivity index (χ1n) is 5.42. The van der Waals surface area contributed by atoms with E-state index < -0.39 is 11.8 Å². The lowest BCUT2D eigenvalue weighted by Crippen LogP contribution is -2.35. The van der Waals surface area contributed by atoms with E-state index in [9.17, 15) is 9.59 Å². The third kappa shape index (κ3) is 3.44. The maximum absolute atomic E-state index is 11.4. The highest BCUT2D eigenvalue weighted by Crippen LogP contribution is 2.14. The number of likely N-dealkylation sites (N-methyl/N-ethyl adjacent to an activating group) is 1. The van der Waals surface area contributed by atoms with Gasteiger partial charge >= 0.3 is 11.8 Å². The van der Waals surface area contributed by atoms with Crippen molar-refractivity contribution in [2.75, 3.05) is 17.6 Å². The second kappa shape index (κ2) is 5.83. The van der Waals surface area contributed by atoms with E-state index in [4.69, 9.17) is 5.73 Å². The molecule has 0 aromatic carbocycles. The van der Waals surface area contributed by atoms with Crippen LogP contribution in [0.5, 0.6) is 0 Å². The van der Waals surface area contributed by atoms with Crippen LogP contribution in [0, 0.1) is 0 Å². The number of pyridine rings is 1. The SMILES string of the molecule is CCNC(=O)C(=O)Nc1cnc(N)c(CC)c1. The molecule has 1 rings (SSSR count). The predicted molar refractivity (Wildman–Crippen MR) is 65.3 cm³/mol. The molecule has 0 bridgehead atoms. The number of carbonyl (C=O) groups is 2. The zero-order valence-corrected chi connectivity index (χ0v) is 9.91. The van der Waals surface area contributed by atoms with Crippen molar-refractivity contribution in [1.82, 2.24) is 10.3 Å². The van der Waals surface area contributed by atoms with Crippen LogP contribution < -0.4 is 16.4 Å². The highest BCUT2D eigenvalue weighted by molar-refractivity contribution is 6.39. The zero-order chi connectivity index (χ0) is 12.8. The Bertz CT molecular complexity index is 431. The van der Waals surface area contributed by atoms with Gasteiger partial charge in [0.25, 0.3) is 0 Å². The Hall–Kier alpha value is -2.11. The topological polar surface area (TPSA) is 97.1 Å². The number of nitrogens with zero attached hydrogens (tertiary/aromatic N) is 1. The fourth-order valence-corrected chi connectivity index (χ4v) is 1.30. The maximum Gasteiger partial charge on any atom is 0.313 e. The van der Waals surface area contributed by atoms with Gasteiger partial charge in [-0.25, -0.2) is 4.98 Å². The Kier molecular flexibility index (Phi) is 4.45. The van der Waals surface area contributed by atoms with Crippen LogP contribution in [0.1, 0.15) is 19.4 Å². The molecule has 0 aliphatic carbocycles. The largest absolute Gasteiger partial charge is 0.383 e. The van der Waals surface area contributed by atoms with Crippen LogP contribution in [0.4, 0.5) is 11.5 Å². The van der Waals surface area contributed by atoms with E-state index in [2.05, 4.69) is 15.6 Å². The number of nitrogens with one attached hydrogen (secondary N) is 2. The Balaban J connectivity index is 2.75. The molecular weight excluding hydrogens is 220 g/mol. The molecule has 1 heterocycles. The Morgan fingerprint density at radius 1 is 1.35 bits per heavy atom. The summed E-state index contributed by atoms with van der Waals surface area (Å²) in [5.41, 5.74) is 6.93. The average Bonchev–Trinajstić information content (AvgIpc) is 2.31. The molecular formula is C11H16N4O2. The van der Waals surface area contributed by atoms with Crippen LogP contribution in [-0.4, -0.2) is 23.3 Å². The van der Waals surface area contributed by atoms with E-state index in [0.29, 0.717) is 24.5 Å². The van der Waals surface area contributed by atoms with E-state index in [-0.39, 0.29) is 0 Å². The van der Waals surface area contributed by atoms with Gasteiger partial charge in [-0.2, -0.15) is 0 Å². The first-order valence-corrected chi connectivity index (χ1v) is 5.42. The van der Waals surface area contributed by atoms with Crippen molar-refractivity contribution >= 4 is 23.3 Å². The van der Waals surface area contributed by atoms with Crippen molar-refractivity contribution in [3.63, 3.8) is 0 Å². The Morgan fingerprint density at radius 3 is 2.65 bits per heavy atom.